The van der Waals surface area contributed by atoms with Gasteiger partial charge in [0.25, 0.3) is 5.91 Å². The number of aliphatic imine (C=N–C) groups is 1. The van der Waals surface area contributed by atoms with Crippen LogP contribution in [0.1, 0.15) is 58.6 Å². The molecule has 8 nitrogen and oxygen atoms in total. The minimum Gasteiger partial charge on any atom is -0.490 e. The van der Waals surface area contributed by atoms with Gasteiger partial charge in [0.2, 0.25) is 5.17 Å². The first kappa shape index (κ1) is 28.9. The maximum absolute atomic E-state index is 12.8. The zero-order valence-corrected chi connectivity index (χ0v) is 25.2. The Bertz CT molecular complexity index is 1350. The highest BCUT2D eigenvalue weighted by Gasteiger charge is 2.35. The minimum atomic E-state index is -0.464. The molecule has 1 N–H and O–H groups in total. The van der Waals surface area contributed by atoms with Crippen LogP contribution >= 0.6 is 27.7 Å². The second-order valence-corrected chi connectivity index (χ2v) is 11.9. The number of benzene rings is 2. The number of fused-ring (bicyclic) bond motifs is 1. The number of halogens is 1. The van der Waals surface area contributed by atoms with Gasteiger partial charge in [0.1, 0.15) is 24.0 Å². The molecule has 1 amide bonds. The third-order valence-electron chi connectivity index (χ3n) is 5.92. The molecule has 0 atom stereocenters. The number of nitrogens with zero attached hydrogens (tertiary/aromatic N) is 3. The van der Waals surface area contributed by atoms with Crippen molar-refractivity contribution in [2.24, 2.45) is 10.1 Å². The largest absolute Gasteiger partial charge is 0.490 e. The van der Waals surface area contributed by atoms with E-state index in [-0.39, 0.29) is 16.8 Å². The van der Waals surface area contributed by atoms with Crippen molar-refractivity contribution >= 4 is 55.7 Å². The zero-order chi connectivity index (χ0) is 28.2. The van der Waals surface area contributed by atoms with Gasteiger partial charge in [-0.2, -0.15) is 15.1 Å². The van der Waals surface area contributed by atoms with Gasteiger partial charge in [0.15, 0.2) is 17.3 Å². The summed E-state index contributed by atoms with van der Waals surface area (Å²) in [5.41, 5.74) is 2.17. The molecule has 4 rings (SSSR count). The fourth-order valence-corrected chi connectivity index (χ4v) is 5.50. The summed E-state index contributed by atoms with van der Waals surface area (Å²) < 4.78 is 18.4. The summed E-state index contributed by atoms with van der Waals surface area (Å²) in [5, 5.41) is 15.8. The first-order chi connectivity index (χ1) is 18.6. The van der Waals surface area contributed by atoms with Gasteiger partial charge >= 0.3 is 0 Å². The highest BCUT2D eigenvalue weighted by atomic mass is 79.9. The van der Waals surface area contributed by atoms with Gasteiger partial charge in [-0.15, -0.1) is 0 Å². The number of ether oxygens (including phenoxy) is 3. The molecule has 0 spiro atoms. The zero-order valence-electron chi connectivity index (χ0n) is 22.8. The highest BCUT2D eigenvalue weighted by molar-refractivity contribution is 9.10. The Morgan fingerprint density at radius 1 is 1.08 bits per heavy atom. The number of carbonyl (C=O) groups is 1. The first-order valence-electron chi connectivity index (χ1n) is 12.9. The van der Waals surface area contributed by atoms with Crippen LogP contribution in [0.25, 0.3) is 6.08 Å². The first-order valence-corrected chi connectivity index (χ1v) is 14.5. The predicted octanol–water partition coefficient (Wildman–Crippen LogP) is 7.02. The second kappa shape index (κ2) is 12.4. The molecule has 0 bridgehead atoms. The number of amides is 1. The van der Waals surface area contributed by atoms with Gasteiger partial charge in [-0.25, -0.2) is 0 Å². The van der Waals surface area contributed by atoms with Crippen LogP contribution < -0.4 is 14.2 Å². The number of hydrazone groups is 1. The molecule has 0 aliphatic carbocycles. The number of thioether (sulfide) groups is 1. The van der Waals surface area contributed by atoms with Gasteiger partial charge in [-0.1, -0.05) is 39.8 Å². The summed E-state index contributed by atoms with van der Waals surface area (Å²) in [6, 6.07) is 11.7. The van der Waals surface area contributed by atoms with Crippen LogP contribution in [-0.4, -0.2) is 46.8 Å². The van der Waals surface area contributed by atoms with E-state index in [9.17, 15) is 4.79 Å². The van der Waals surface area contributed by atoms with Crippen LogP contribution in [0, 0.1) is 5.41 Å². The van der Waals surface area contributed by atoms with Crippen molar-refractivity contribution in [1.82, 2.24) is 5.01 Å². The van der Waals surface area contributed by atoms with E-state index in [1.807, 2.05) is 25.1 Å². The Kier molecular flexibility index (Phi) is 9.17. The molecule has 0 saturated carbocycles. The molecule has 39 heavy (non-hydrogen) atoms. The number of carbonyl (C=O) groups excluding carboxylic acids is 1. The molecule has 10 heteroatoms. The average Bonchev–Trinajstić information content (AvgIpc) is 3.28. The van der Waals surface area contributed by atoms with Gasteiger partial charge in [0, 0.05) is 0 Å². The van der Waals surface area contributed by atoms with E-state index < -0.39 is 5.91 Å². The van der Waals surface area contributed by atoms with E-state index in [1.54, 1.807) is 12.1 Å². The molecule has 2 aromatic carbocycles. The molecule has 0 fully saturated rings. The molecular formula is C29H33BrN4O4S. The van der Waals surface area contributed by atoms with Crippen molar-refractivity contribution in [2.75, 3.05) is 19.8 Å². The molecule has 2 aromatic rings. The fraction of sp³-hybridized carbons (Fsp3) is 0.379. The Labute approximate surface area is 242 Å². The SMILES string of the molecule is CCCC1=NN2C(=N)C(=Cc3cc(Br)c(OCCOc4ccc(C(C)(C)C)cc4)c(OCC)c3)C(=O)N=C2S1. The van der Waals surface area contributed by atoms with Crippen LogP contribution in [0.4, 0.5) is 0 Å². The number of nitrogens with one attached hydrogen (secondary N) is 1. The lowest BCUT2D eigenvalue weighted by molar-refractivity contribution is -0.114. The van der Waals surface area contributed by atoms with Crippen molar-refractivity contribution in [2.45, 2.75) is 52.9 Å². The Morgan fingerprint density at radius 2 is 1.79 bits per heavy atom. The molecule has 2 aliphatic rings. The number of rotatable bonds is 10. The van der Waals surface area contributed by atoms with E-state index in [4.69, 9.17) is 19.6 Å². The van der Waals surface area contributed by atoms with Crippen LogP contribution in [0.15, 0.2) is 56.5 Å². The lowest BCUT2D eigenvalue weighted by Gasteiger charge is -2.20. The van der Waals surface area contributed by atoms with Crippen molar-refractivity contribution < 1.29 is 19.0 Å². The van der Waals surface area contributed by atoms with E-state index in [0.717, 1.165) is 23.6 Å². The van der Waals surface area contributed by atoms with Crippen molar-refractivity contribution in [3.8, 4) is 17.2 Å². The van der Waals surface area contributed by atoms with E-state index in [0.29, 0.717) is 46.5 Å². The Hall–Kier alpha value is -3.11. The summed E-state index contributed by atoms with van der Waals surface area (Å²) in [5.74, 6) is 1.39. The quantitative estimate of drug-likeness (QED) is 0.229. The topological polar surface area (TPSA) is 96.6 Å². The highest BCUT2D eigenvalue weighted by Crippen LogP contribution is 2.38. The molecular weight excluding hydrogens is 580 g/mol. The summed E-state index contributed by atoms with van der Waals surface area (Å²) in [7, 11) is 0. The standard InChI is InChI=1S/C29H33BrN4O4S/c1-6-8-24-33-34-26(31)21(27(35)32-28(34)39-24)15-18-16-22(30)25(23(17-18)36-7-2)38-14-13-37-20-11-9-19(10-12-20)29(3,4)5/h9-12,15-17,31H,6-8,13-14H2,1-5H3. The lowest BCUT2D eigenvalue weighted by atomic mass is 9.87. The lowest BCUT2D eigenvalue weighted by Crippen LogP contribution is -2.35. The van der Waals surface area contributed by atoms with Gasteiger partial charge in [-0.3, -0.25) is 10.2 Å². The van der Waals surface area contributed by atoms with Gasteiger partial charge < -0.3 is 14.2 Å². The van der Waals surface area contributed by atoms with E-state index in [1.165, 1.54) is 22.3 Å². The Balaban J connectivity index is 1.46. The summed E-state index contributed by atoms with van der Waals surface area (Å²) in [6.45, 7) is 11.6. The molecule has 0 unspecified atom stereocenters. The molecule has 2 heterocycles. The predicted molar refractivity (Wildman–Crippen MR) is 161 cm³/mol. The van der Waals surface area contributed by atoms with Crippen LogP contribution in [0.3, 0.4) is 0 Å². The van der Waals surface area contributed by atoms with Crippen LogP contribution in [-0.2, 0) is 10.2 Å². The molecule has 2 aliphatic heterocycles. The summed E-state index contributed by atoms with van der Waals surface area (Å²) in [4.78, 5) is 16.9. The van der Waals surface area contributed by atoms with Crippen molar-refractivity contribution in [3.05, 3.63) is 57.6 Å². The molecule has 206 valence electrons. The molecule has 0 radical (unpaired) electrons. The van der Waals surface area contributed by atoms with E-state index >= 15 is 0 Å². The number of hydrogen-bond acceptors (Lipinski definition) is 7. The fourth-order valence-electron chi connectivity index (χ4n) is 3.94. The minimum absolute atomic E-state index is 0.00527. The van der Waals surface area contributed by atoms with Crippen molar-refractivity contribution in [3.63, 3.8) is 0 Å². The third-order valence-corrected chi connectivity index (χ3v) is 7.48. The number of amidine groups is 2. The monoisotopic (exact) mass is 612 g/mol. The second-order valence-electron chi connectivity index (χ2n) is 10.00. The van der Waals surface area contributed by atoms with E-state index in [2.05, 4.69) is 65.9 Å². The normalized spacial score (nSPS) is 16.3. The maximum atomic E-state index is 12.8. The number of hydrogen-bond donors (Lipinski definition) is 1. The Morgan fingerprint density at radius 3 is 2.46 bits per heavy atom. The van der Waals surface area contributed by atoms with Gasteiger partial charge in [-0.05, 0) is 94.3 Å². The average molecular weight is 614 g/mol. The molecule has 0 aromatic heterocycles. The summed E-state index contributed by atoms with van der Waals surface area (Å²) >= 11 is 4.92. The maximum Gasteiger partial charge on any atom is 0.283 e. The molecule has 0 saturated heterocycles. The van der Waals surface area contributed by atoms with Crippen LogP contribution in [0.5, 0.6) is 17.2 Å². The van der Waals surface area contributed by atoms with Gasteiger partial charge in [0.05, 0.1) is 16.7 Å². The third kappa shape index (κ3) is 6.91. The van der Waals surface area contributed by atoms with Crippen molar-refractivity contribution in [1.29, 1.82) is 5.41 Å². The van der Waals surface area contributed by atoms with Crippen LogP contribution in [0.2, 0.25) is 0 Å². The smallest absolute Gasteiger partial charge is 0.283 e. The summed E-state index contributed by atoms with van der Waals surface area (Å²) in [6.07, 6.45) is 3.34.